The summed E-state index contributed by atoms with van der Waals surface area (Å²) < 4.78 is 25.6. The molecule has 2 saturated carbocycles. The minimum Gasteiger partial charge on any atom is -0.351 e. The molecular formula is C17H24N2O3S. The van der Waals surface area contributed by atoms with Crippen molar-refractivity contribution >= 4 is 21.6 Å². The van der Waals surface area contributed by atoms with Gasteiger partial charge in [0.2, 0.25) is 15.9 Å². The fourth-order valence-corrected chi connectivity index (χ4v) is 5.28. The summed E-state index contributed by atoms with van der Waals surface area (Å²) in [6, 6.07) is 8.24. The van der Waals surface area contributed by atoms with Gasteiger partial charge in [-0.15, -0.1) is 0 Å². The van der Waals surface area contributed by atoms with Gasteiger partial charge in [-0.3, -0.25) is 9.10 Å². The van der Waals surface area contributed by atoms with Crippen molar-refractivity contribution in [2.24, 2.45) is 11.8 Å². The first-order valence-corrected chi connectivity index (χ1v) is 10.1. The first-order chi connectivity index (χ1) is 10.9. The van der Waals surface area contributed by atoms with Gasteiger partial charge < -0.3 is 5.32 Å². The van der Waals surface area contributed by atoms with E-state index in [1.807, 2.05) is 6.07 Å². The molecule has 6 heteroatoms. The van der Waals surface area contributed by atoms with Gasteiger partial charge in [-0.05, 0) is 50.2 Å². The second-order valence-electron chi connectivity index (χ2n) is 6.86. The predicted octanol–water partition coefficient (Wildman–Crippen LogP) is 2.15. The summed E-state index contributed by atoms with van der Waals surface area (Å²) in [5.41, 5.74) is 0.519. The van der Waals surface area contributed by atoms with Gasteiger partial charge in [-0.1, -0.05) is 24.6 Å². The van der Waals surface area contributed by atoms with Crippen LogP contribution >= 0.6 is 0 Å². The Morgan fingerprint density at radius 3 is 2.43 bits per heavy atom. The van der Waals surface area contributed by atoms with E-state index in [1.54, 1.807) is 31.2 Å². The van der Waals surface area contributed by atoms with E-state index in [-0.39, 0.29) is 11.9 Å². The lowest BCUT2D eigenvalue weighted by Crippen LogP contribution is -2.51. The topological polar surface area (TPSA) is 66.5 Å². The summed E-state index contributed by atoms with van der Waals surface area (Å²) in [6.45, 7) is 1.65. The molecule has 1 aromatic carbocycles. The molecule has 2 fully saturated rings. The van der Waals surface area contributed by atoms with Crippen LogP contribution in [0, 0.1) is 11.8 Å². The standard InChI is InChI=1S/C17H24N2O3S/c1-12(17(20)18-16-11-13-8-9-14(16)10-13)19(23(2,21)22)15-6-4-3-5-7-15/h3-7,12-14,16H,8-11H2,1-2H3,(H,18,20). The van der Waals surface area contributed by atoms with Crippen molar-refractivity contribution in [3.05, 3.63) is 30.3 Å². The number of carbonyl (C=O) groups is 1. The van der Waals surface area contributed by atoms with E-state index < -0.39 is 16.1 Å². The molecule has 3 rings (SSSR count). The molecule has 0 aromatic heterocycles. The van der Waals surface area contributed by atoms with Crippen LogP contribution in [0.15, 0.2) is 30.3 Å². The first-order valence-electron chi connectivity index (χ1n) is 8.21. The number of para-hydroxylation sites is 1. The Kier molecular flexibility index (Phi) is 4.36. The molecule has 2 aliphatic carbocycles. The number of sulfonamides is 1. The summed E-state index contributed by atoms with van der Waals surface area (Å²) in [7, 11) is -3.53. The van der Waals surface area contributed by atoms with Gasteiger partial charge in [0.05, 0.1) is 11.9 Å². The van der Waals surface area contributed by atoms with Gasteiger partial charge in [0.25, 0.3) is 0 Å². The summed E-state index contributed by atoms with van der Waals surface area (Å²) in [5, 5.41) is 3.09. The SMILES string of the molecule is CC(C(=O)NC1CC2CCC1C2)N(c1ccccc1)S(C)(=O)=O. The van der Waals surface area contributed by atoms with E-state index in [4.69, 9.17) is 0 Å². The molecular weight excluding hydrogens is 312 g/mol. The third kappa shape index (κ3) is 3.37. The Balaban J connectivity index is 1.75. The number of anilines is 1. The Morgan fingerprint density at radius 1 is 1.22 bits per heavy atom. The lowest BCUT2D eigenvalue weighted by atomic mass is 9.95. The molecule has 1 N–H and O–H groups in total. The maximum Gasteiger partial charge on any atom is 0.243 e. The molecule has 126 valence electrons. The van der Waals surface area contributed by atoms with E-state index in [9.17, 15) is 13.2 Å². The molecule has 1 aromatic rings. The Hall–Kier alpha value is -1.56. The average molecular weight is 336 g/mol. The third-order valence-corrected chi connectivity index (χ3v) is 6.41. The zero-order valence-corrected chi connectivity index (χ0v) is 14.4. The molecule has 4 unspecified atom stereocenters. The van der Waals surface area contributed by atoms with E-state index >= 15 is 0 Å². The molecule has 5 nitrogen and oxygen atoms in total. The van der Waals surface area contributed by atoms with E-state index in [0.717, 1.165) is 18.6 Å². The molecule has 2 aliphatic rings. The highest BCUT2D eigenvalue weighted by atomic mass is 32.2. The Labute approximate surface area is 138 Å². The quantitative estimate of drug-likeness (QED) is 0.896. The van der Waals surface area contributed by atoms with Gasteiger partial charge in [-0.25, -0.2) is 8.42 Å². The minimum absolute atomic E-state index is 0.209. The van der Waals surface area contributed by atoms with Crippen molar-refractivity contribution < 1.29 is 13.2 Å². The molecule has 0 saturated heterocycles. The van der Waals surface area contributed by atoms with Crippen LogP contribution < -0.4 is 9.62 Å². The second-order valence-corrected chi connectivity index (χ2v) is 8.72. The molecule has 23 heavy (non-hydrogen) atoms. The maximum atomic E-state index is 12.6. The van der Waals surface area contributed by atoms with Gasteiger partial charge in [-0.2, -0.15) is 0 Å². The Morgan fingerprint density at radius 2 is 1.91 bits per heavy atom. The summed E-state index contributed by atoms with van der Waals surface area (Å²) in [4.78, 5) is 12.6. The lowest BCUT2D eigenvalue weighted by molar-refractivity contribution is -0.122. The zero-order chi connectivity index (χ0) is 16.6. The van der Waals surface area contributed by atoms with E-state index in [1.165, 1.54) is 23.6 Å². The highest BCUT2D eigenvalue weighted by Crippen LogP contribution is 2.44. The van der Waals surface area contributed by atoms with Gasteiger partial charge in [0.1, 0.15) is 6.04 Å². The number of hydrogen-bond donors (Lipinski definition) is 1. The van der Waals surface area contributed by atoms with Crippen LogP contribution in [0.5, 0.6) is 0 Å². The molecule has 0 aliphatic heterocycles. The fraction of sp³-hybridized carbons (Fsp3) is 0.588. The van der Waals surface area contributed by atoms with Crippen LogP contribution in [0.3, 0.4) is 0 Å². The number of rotatable bonds is 5. The molecule has 4 atom stereocenters. The van der Waals surface area contributed by atoms with E-state index in [0.29, 0.717) is 11.6 Å². The number of hydrogen-bond acceptors (Lipinski definition) is 3. The van der Waals surface area contributed by atoms with Crippen molar-refractivity contribution in [1.29, 1.82) is 0 Å². The fourth-order valence-electron chi connectivity index (χ4n) is 4.11. The van der Waals surface area contributed by atoms with Crippen LogP contribution in [-0.2, 0) is 14.8 Å². The first kappa shape index (κ1) is 16.3. The molecule has 0 radical (unpaired) electrons. The lowest BCUT2D eigenvalue weighted by Gasteiger charge is -2.30. The van der Waals surface area contributed by atoms with Gasteiger partial charge in [0.15, 0.2) is 0 Å². The summed E-state index contributed by atoms with van der Waals surface area (Å²) in [6.07, 6.45) is 5.83. The van der Waals surface area contributed by atoms with Crippen molar-refractivity contribution in [1.82, 2.24) is 5.32 Å². The van der Waals surface area contributed by atoms with Crippen molar-refractivity contribution in [3.8, 4) is 0 Å². The van der Waals surface area contributed by atoms with Crippen molar-refractivity contribution in [3.63, 3.8) is 0 Å². The number of benzene rings is 1. The second kappa shape index (κ2) is 6.15. The smallest absolute Gasteiger partial charge is 0.243 e. The van der Waals surface area contributed by atoms with Gasteiger partial charge >= 0.3 is 0 Å². The monoisotopic (exact) mass is 336 g/mol. The molecule has 2 bridgehead atoms. The normalized spacial score (nSPS) is 27.7. The molecule has 1 amide bonds. The minimum atomic E-state index is -3.53. The van der Waals surface area contributed by atoms with Crippen LogP contribution in [0.1, 0.15) is 32.6 Å². The number of carbonyl (C=O) groups excluding carboxylic acids is 1. The van der Waals surface area contributed by atoms with Gasteiger partial charge in [0, 0.05) is 6.04 Å². The van der Waals surface area contributed by atoms with Crippen LogP contribution in [0.4, 0.5) is 5.69 Å². The third-order valence-electron chi connectivity index (χ3n) is 5.16. The number of nitrogens with one attached hydrogen (secondary N) is 1. The van der Waals surface area contributed by atoms with Crippen LogP contribution in [0.25, 0.3) is 0 Å². The molecule has 0 spiro atoms. The van der Waals surface area contributed by atoms with Crippen LogP contribution in [0.2, 0.25) is 0 Å². The predicted molar refractivity (Wildman–Crippen MR) is 90.6 cm³/mol. The highest BCUT2D eigenvalue weighted by Gasteiger charge is 2.41. The number of amides is 1. The van der Waals surface area contributed by atoms with E-state index in [2.05, 4.69) is 5.32 Å². The van der Waals surface area contributed by atoms with Crippen molar-refractivity contribution in [2.75, 3.05) is 10.6 Å². The average Bonchev–Trinajstić information content (AvgIpc) is 3.09. The van der Waals surface area contributed by atoms with Crippen LogP contribution in [-0.4, -0.2) is 32.7 Å². The highest BCUT2D eigenvalue weighted by molar-refractivity contribution is 7.92. The molecule has 0 heterocycles. The maximum absolute atomic E-state index is 12.6. The largest absolute Gasteiger partial charge is 0.351 e. The summed E-state index contributed by atoms with van der Waals surface area (Å²) >= 11 is 0. The number of fused-ring (bicyclic) bond motifs is 2. The van der Waals surface area contributed by atoms with Crippen molar-refractivity contribution in [2.45, 2.75) is 44.7 Å². The number of nitrogens with zero attached hydrogens (tertiary/aromatic N) is 1. The zero-order valence-electron chi connectivity index (χ0n) is 13.6. The Bertz CT molecular complexity index is 674. The summed E-state index contributed by atoms with van der Waals surface area (Å²) in [5.74, 6) is 1.09.